The summed E-state index contributed by atoms with van der Waals surface area (Å²) in [6.07, 6.45) is 0.207. The van der Waals surface area contributed by atoms with Gasteiger partial charge in [0.05, 0.1) is 0 Å². The van der Waals surface area contributed by atoms with Crippen LogP contribution < -0.4 is 4.72 Å². The normalized spacial score (nSPS) is 21.1. The first-order chi connectivity index (χ1) is 13.7. The van der Waals surface area contributed by atoms with Crippen LogP contribution in [-0.4, -0.2) is 25.0 Å². The minimum absolute atomic E-state index is 0.0736. The van der Waals surface area contributed by atoms with Gasteiger partial charge in [-0.25, -0.2) is 8.42 Å². The molecule has 0 bridgehead atoms. The number of nitrogens with one attached hydrogen (secondary N) is 1. The van der Waals surface area contributed by atoms with Crippen molar-refractivity contribution in [3.05, 3.63) is 75.7 Å². The zero-order valence-corrected chi connectivity index (χ0v) is 18.8. The molecule has 1 aromatic heterocycles. The average molecular weight is 513 g/mol. The molecule has 1 aliphatic rings. The van der Waals surface area contributed by atoms with Gasteiger partial charge >= 0.3 is 5.97 Å². The summed E-state index contributed by atoms with van der Waals surface area (Å²) in [6, 6.07) is 17.5. The Kier molecular flexibility index (Phi) is 5.33. The van der Waals surface area contributed by atoms with Crippen molar-refractivity contribution in [1.82, 2.24) is 4.72 Å². The molecule has 0 radical (unpaired) electrons. The zero-order valence-electron chi connectivity index (χ0n) is 14.8. The van der Waals surface area contributed by atoms with Gasteiger partial charge in [0.25, 0.3) is 10.0 Å². The number of hydrogen-bond acceptors (Lipinski definition) is 4. The number of carboxylic acids is 1. The van der Waals surface area contributed by atoms with Crippen molar-refractivity contribution < 1.29 is 18.3 Å². The summed E-state index contributed by atoms with van der Waals surface area (Å²) in [7, 11) is -3.99. The Morgan fingerprint density at radius 1 is 1.10 bits per heavy atom. The summed E-state index contributed by atoms with van der Waals surface area (Å²) < 4.78 is 29.3. The standard InChI is InChI=1S/C20H15BrClNO4S2/c21-14-5-1-12(2-6-14)16-11-20(16,19(24)25)23-29(26,27)18-10-9-17(28-18)13-3-7-15(22)8-4-13/h1-10,16,23H,11H2,(H,24,25)/t16-,20?/m0/s1. The summed E-state index contributed by atoms with van der Waals surface area (Å²) in [5.74, 6) is -1.60. The second-order valence-electron chi connectivity index (χ2n) is 6.82. The first-order valence-corrected chi connectivity index (χ1v) is 12.1. The monoisotopic (exact) mass is 511 g/mol. The fourth-order valence-corrected chi connectivity index (χ4v) is 6.38. The van der Waals surface area contributed by atoms with E-state index in [9.17, 15) is 18.3 Å². The fourth-order valence-electron chi connectivity index (χ4n) is 3.28. The van der Waals surface area contributed by atoms with Crippen LogP contribution in [0.2, 0.25) is 5.02 Å². The van der Waals surface area contributed by atoms with Gasteiger partial charge in [-0.15, -0.1) is 11.3 Å². The maximum atomic E-state index is 12.9. The topological polar surface area (TPSA) is 83.5 Å². The van der Waals surface area contributed by atoms with Gasteiger partial charge in [-0.2, -0.15) is 4.72 Å². The molecule has 0 amide bonds. The van der Waals surface area contributed by atoms with E-state index in [4.69, 9.17) is 11.6 Å². The number of hydrogen-bond donors (Lipinski definition) is 2. The Balaban J connectivity index is 1.60. The number of halogens is 2. The van der Waals surface area contributed by atoms with Crippen molar-refractivity contribution in [2.75, 3.05) is 0 Å². The molecule has 1 heterocycles. The summed E-state index contributed by atoms with van der Waals surface area (Å²) >= 11 is 10.3. The molecule has 4 rings (SSSR count). The lowest BCUT2D eigenvalue weighted by Gasteiger charge is -2.14. The van der Waals surface area contributed by atoms with Gasteiger partial charge in [0, 0.05) is 20.3 Å². The van der Waals surface area contributed by atoms with Gasteiger partial charge in [-0.3, -0.25) is 4.79 Å². The molecule has 0 saturated heterocycles. The first-order valence-electron chi connectivity index (χ1n) is 8.60. The molecular weight excluding hydrogens is 498 g/mol. The molecular formula is C20H15BrClNO4S2. The molecule has 1 saturated carbocycles. The van der Waals surface area contributed by atoms with E-state index in [0.29, 0.717) is 5.02 Å². The third-order valence-electron chi connectivity index (χ3n) is 4.91. The lowest BCUT2D eigenvalue weighted by atomic mass is 10.1. The van der Waals surface area contributed by atoms with E-state index < -0.39 is 27.4 Å². The Morgan fingerprint density at radius 3 is 2.38 bits per heavy atom. The predicted octanol–water partition coefficient (Wildman–Crippen LogP) is 5.12. The van der Waals surface area contributed by atoms with Gasteiger partial charge in [0.2, 0.25) is 0 Å². The van der Waals surface area contributed by atoms with Crippen LogP contribution >= 0.6 is 38.9 Å². The van der Waals surface area contributed by atoms with E-state index >= 15 is 0 Å². The molecule has 2 aromatic carbocycles. The van der Waals surface area contributed by atoms with Crippen LogP contribution in [0.3, 0.4) is 0 Å². The highest BCUT2D eigenvalue weighted by molar-refractivity contribution is 9.10. The van der Waals surface area contributed by atoms with E-state index in [0.717, 1.165) is 31.8 Å². The third-order valence-corrected chi connectivity index (χ3v) is 8.82. The summed E-state index contributed by atoms with van der Waals surface area (Å²) in [5, 5.41) is 10.4. The summed E-state index contributed by atoms with van der Waals surface area (Å²) in [4.78, 5) is 12.7. The van der Waals surface area contributed by atoms with Gasteiger partial charge in [-0.05, 0) is 53.9 Å². The highest BCUT2D eigenvalue weighted by Crippen LogP contribution is 2.52. The number of aliphatic carboxylic acids is 1. The Hall–Kier alpha value is -1.71. The smallest absolute Gasteiger partial charge is 0.325 e. The molecule has 150 valence electrons. The number of sulfonamides is 1. The summed E-state index contributed by atoms with van der Waals surface area (Å²) in [6.45, 7) is 0. The van der Waals surface area contributed by atoms with Gasteiger partial charge in [0.1, 0.15) is 9.75 Å². The molecule has 2 atom stereocenters. The van der Waals surface area contributed by atoms with Crippen molar-refractivity contribution in [1.29, 1.82) is 0 Å². The van der Waals surface area contributed by atoms with Gasteiger partial charge in [0.15, 0.2) is 0 Å². The number of rotatable bonds is 6. The van der Waals surface area contributed by atoms with Gasteiger partial charge < -0.3 is 5.11 Å². The number of benzene rings is 2. The first kappa shape index (κ1) is 20.6. The molecule has 29 heavy (non-hydrogen) atoms. The third kappa shape index (κ3) is 4.00. The van der Waals surface area contributed by atoms with Crippen molar-refractivity contribution in [2.24, 2.45) is 0 Å². The molecule has 0 aliphatic heterocycles. The van der Waals surface area contributed by atoms with Crippen molar-refractivity contribution in [3.8, 4) is 10.4 Å². The largest absolute Gasteiger partial charge is 0.480 e. The van der Waals surface area contributed by atoms with Crippen LogP contribution in [0, 0.1) is 0 Å². The molecule has 1 fully saturated rings. The van der Waals surface area contributed by atoms with E-state index in [1.165, 1.54) is 6.07 Å². The highest BCUT2D eigenvalue weighted by Gasteiger charge is 2.63. The van der Waals surface area contributed by atoms with Crippen molar-refractivity contribution in [3.63, 3.8) is 0 Å². The van der Waals surface area contributed by atoms with Crippen LogP contribution in [0.25, 0.3) is 10.4 Å². The van der Waals surface area contributed by atoms with E-state index in [1.807, 2.05) is 12.1 Å². The highest BCUT2D eigenvalue weighted by atomic mass is 79.9. The Morgan fingerprint density at radius 2 is 1.76 bits per heavy atom. The van der Waals surface area contributed by atoms with Crippen LogP contribution in [-0.2, 0) is 14.8 Å². The molecule has 1 unspecified atom stereocenters. The van der Waals surface area contributed by atoms with Crippen LogP contribution in [0.15, 0.2) is 69.3 Å². The zero-order chi connectivity index (χ0) is 20.8. The molecule has 3 aromatic rings. The predicted molar refractivity (Wildman–Crippen MR) is 117 cm³/mol. The molecule has 5 nitrogen and oxygen atoms in total. The minimum atomic E-state index is -3.99. The van der Waals surface area contributed by atoms with Crippen LogP contribution in [0.4, 0.5) is 0 Å². The van der Waals surface area contributed by atoms with Crippen molar-refractivity contribution in [2.45, 2.75) is 22.1 Å². The Bertz CT molecular complexity index is 1180. The second kappa shape index (κ2) is 7.52. The molecule has 9 heteroatoms. The van der Waals surface area contributed by atoms with Crippen LogP contribution in [0.5, 0.6) is 0 Å². The maximum Gasteiger partial charge on any atom is 0.325 e. The lowest BCUT2D eigenvalue weighted by molar-refractivity contribution is -0.140. The average Bonchev–Trinajstić information content (AvgIpc) is 3.17. The minimum Gasteiger partial charge on any atom is -0.480 e. The number of carboxylic acid groups (broad SMARTS) is 1. The van der Waals surface area contributed by atoms with E-state index in [1.54, 1.807) is 42.5 Å². The number of thiophene rings is 1. The second-order valence-corrected chi connectivity index (χ2v) is 11.2. The summed E-state index contributed by atoms with van der Waals surface area (Å²) in [5.41, 5.74) is 0.0937. The van der Waals surface area contributed by atoms with Gasteiger partial charge in [-0.1, -0.05) is 51.8 Å². The number of carbonyl (C=O) groups is 1. The quantitative estimate of drug-likeness (QED) is 0.480. The SMILES string of the molecule is O=C(O)C1(NS(=O)(=O)c2ccc(-c3ccc(Cl)cc3)s2)C[C@H]1c1ccc(Br)cc1. The fraction of sp³-hybridized carbons (Fsp3) is 0.150. The van der Waals surface area contributed by atoms with E-state index in [-0.39, 0.29) is 10.6 Å². The van der Waals surface area contributed by atoms with E-state index in [2.05, 4.69) is 20.7 Å². The molecule has 2 N–H and O–H groups in total. The van der Waals surface area contributed by atoms with Crippen molar-refractivity contribution >= 4 is 54.9 Å². The molecule has 1 aliphatic carbocycles. The lowest BCUT2D eigenvalue weighted by Crippen LogP contribution is -2.44. The molecule has 0 spiro atoms. The Labute approximate surface area is 185 Å². The van der Waals surface area contributed by atoms with Crippen LogP contribution in [0.1, 0.15) is 17.9 Å². The maximum absolute atomic E-state index is 12.9.